The first kappa shape index (κ1) is 21.7. The molecule has 0 unspecified atom stereocenters. The SMILES string of the molecule is CCOC(=O)c1c(NC(=O)c2ccc(Cl)c(Cl)c2)nc(SC)n1Cc1cccs1. The molecule has 0 aliphatic carbocycles. The van der Waals surface area contributed by atoms with Crippen LogP contribution in [0.3, 0.4) is 0 Å². The standard InChI is InChI=1S/C19H17Cl2N3O3S2/c1-3-27-18(26)15-16(22-17(25)11-6-7-13(20)14(21)9-11)23-19(28-2)24(15)10-12-5-4-8-29-12/h4-9H,3,10H2,1-2H3,(H,22,25). The second-order valence-electron chi connectivity index (χ2n) is 5.76. The van der Waals surface area contributed by atoms with E-state index in [2.05, 4.69) is 10.3 Å². The van der Waals surface area contributed by atoms with Gasteiger partial charge < -0.3 is 14.6 Å². The number of amides is 1. The molecule has 0 bridgehead atoms. The van der Waals surface area contributed by atoms with E-state index in [4.69, 9.17) is 27.9 Å². The topological polar surface area (TPSA) is 73.2 Å². The van der Waals surface area contributed by atoms with Gasteiger partial charge in [-0.25, -0.2) is 9.78 Å². The van der Waals surface area contributed by atoms with Crippen molar-refractivity contribution in [2.45, 2.75) is 18.6 Å². The molecule has 0 fully saturated rings. The molecule has 3 rings (SSSR count). The Kier molecular flexibility index (Phi) is 7.23. The summed E-state index contributed by atoms with van der Waals surface area (Å²) in [6.45, 7) is 2.37. The Bertz CT molecular complexity index is 1040. The lowest BCUT2D eigenvalue weighted by molar-refractivity contribution is 0.0514. The van der Waals surface area contributed by atoms with Gasteiger partial charge in [0.25, 0.3) is 5.91 Å². The van der Waals surface area contributed by atoms with Crippen LogP contribution in [0.2, 0.25) is 10.0 Å². The minimum Gasteiger partial charge on any atom is -0.461 e. The van der Waals surface area contributed by atoms with Crippen LogP contribution >= 0.6 is 46.3 Å². The Morgan fingerprint density at radius 2 is 2.07 bits per heavy atom. The Morgan fingerprint density at radius 3 is 2.69 bits per heavy atom. The van der Waals surface area contributed by atoms with E-state index in [0.29, 0.717) is 22.3 Å². The minimum atomic E-state index is -0.554. The number of anilines is 1. The maximum absolute atomic E-state index is 12.7. The number of thiophene rings is 1. The largest absolute Gasteiger partial charge is 0.461 e. The molecule has 2 heterocycles. The Labute approximate surface area is 186 Å². The van der Waals surface area contributed by atoms with Crippen LogP contribution in [0.4, 0.5) is 5.82 Å². The fourth-order valence-corrected chi connectivity index (χ4v) is 4.15. The van der Waals surface area contributed by atoms with E-state index >= 15 is 0 Å². The number of imidazole rings is 1. The molecule has 0 aliphatic rings. The summed E-state index contributed by atoms with van der Waals surface area (Å²) in [4.78, 5) is 30.9. The molecular weight excluding hydrogens is 453 g/mol. The van der Waals surface area contributed by atoms with Gasteiger partial charge in [-0.3, -0.25) is 4.79 Å². The van der Waals surface area contributed by atoms with Crippen molar-refractivity contribution >= 4 is 64.0 Å². The average molecular weight is 470 g/mol. The molecule has 0 saturated carbocycles. The zero-order valence-corrected chi connectivity index (χ0v) is 18.7. The first-order valence-electron chi connectivity index (χ1n) is 8.55. The molecule has 1 aromatic carbocycles. The summed E-state index contributed by atoms with van der Waals surface area (Å²) in [6, 6.07) is 8.45. The lowest BCUT2D eigenvalue weighted by Crippen LogP contribution is -2.18. The monoisotopic (exact) mass is 469 g/mol. The lowest BCUT2D eigenvalue weighted by Gasteiger charge is -2.10. The molecule has 29 heavy (non-hydrogen) atoms. The normalized spacial score (nSPS) is 10.8. The molecule has 152 valence electrons. The zero-order chi connectivity index (χ0) is 21.0. The van der Waals surface area contributed by atoms with Gasteiger partial charge in [-0.1, -0.05) is 41.0 Å². The number of esters is 1. The number of hydrogen-bond donors (Lipinski definition) is 1. The van der Waals surface area contributed by atoms with Crippen LogP contribution in [0.15, 0.2) is 40.9 Å². The van der Waals surface area contributed by atoms with Crippen molar-refractivity contribution < 1.29 is 14.3 Å². The molecule has 10 heteroatoms. The number of nitrogens with zero attached hydrogens (tertiary/aromatic N) is 2. The number of halogens is 2. The van der Waals surface area contributed by atoms with Crippen molar-refractivity contribution in [3.8, 4) is 0 Å². The quantitative estimate of drug-likeness (QED) is 0.367. The number of carbonyl (C=O) groups is 2. The molecule has 3 aromatic rings. The fourth-order valence-electron chi connectivity index (χ4n) is 2.60. The predicted molar refractivity (Wildman–Crippen MR) is 118 cm³/mol. The molecule has 0 spiro atoms. The number of ether oxygens (including phenoxy) is 1. The molecule has 0 aliphatic heterocycles. The predicted octanol–water partition coefficient (Wildman–Crippen LogP) is 5.45. The molecule has 0 atom stereocenters. The van der Waals surface area contributed by atoms with Gasteiger partial charge in [-0.05, 0) is 42.8 Å². The molecule has 0 radical (unpaired) electrons. The number of carbonyl (C=O) groups excluding carboxylic acids is 2. The first-order valence-corrected chi connectivity index (χ1v) is 11.4. The number of nitrogens with one attached hydrogen (secondary N) is 1. The highest BCUT2D eigenvalue weighted by molar-refractivity contribution is 7.98. The van der Waals surface area contributed by atoms with Gasteiger partial charge in [0.15, 0.2) is 16.7 Å². The fraction of sp³-hybridized carbons (Fsp3) is 0.211. The van der Waals surface area contributed by atoms with Crippen molar-refractivity contribution in [1.29, 1.82) is 0 Å². The highest BCUT2D eigenvalue weighted by Gasteiger charge is 2.26. The van der Waals surface area contributed by atoms with Crippen molar-refractivity contribution in [1.82, 2.24) is 9.55 Å². The van der Waals surface area contributed by atoms with Crippen molar-refractivity contribution in [3.05, 3.63) is 61.9 Å². The zero-order valence-electron chi connectivity index (χ0n) is 15.6. The number of hydrogen-bond acceptors (Lipinski definition) is 6. The molecule has 0 saturated heterocycles. The van der Waals surface area contributed by atoms with E-state index < -0.39 is 11.9 Å². The Balaban J connectivity index is 2.00. The van der Waals surface area contributed by atoms with Crippen molar-refractivity contribution in [2.24, 2.45) is 0 Å². The summed E-state index contributed by atoms with van der Waals surface area (Å²) < 4.78 is 6.96. The maximum Gasteiger partial charge on any atom is 0.358 e. The van der Waals surface area contributed by atoms with Gasteiger partial charge in [0.1, 0.15) is 0 Å². The van der Waals surface area contributed by atoms with Crippen LogP contribution in [0.5, 0.6) is 0 Å². The maximum atomic E-state index is 12.7. The van der Waals surface area contributed by atoms with Crippen LogP contribution in [0, 0.1) is 0 Å². The second-order valence-corrected chi connectivity index (χ2v) is 8.38. The first-order chi connectivity index (χ1) is 13.9. The molecule has 2 aromatic heterocycles. The third-order valence-electron chi connectivity index (χ3n) is 3.89. The van der Waals surface area contributed by atoms with Gasteiger partial charge in [0.05, 0.1) is 23.2 Å². The van der Waals surface area contributed by atoms with E-state index in [1.165, 1.54) is 23.9 Å². The smallest absolute Gasteiger partial charge is 0.358 e. The summed E-state index contributed by atoms with van der Waals surface area (Å²) in [5, 5.41) is 5.86. The van der Waals surface area contributed by atoms with E-state index in [1.807, 2.05) is 23.8 Å². The third-order valence-corrected chi connectivity index (χ3v) is 6.17. The van der Waals surface area contributed by atoms with Crippen LogP contribution in [-0.2, 0) is 11.3 Å². The molecule has 1 amide bonds. The lowest BCUT2D eigenvalue weighted by atomic mass is 10.2. The highest BCUT2D eigenvalue weighted by atomic mass is 35.5. The van der Waals surface area contributed by atoms with E-state index in [0.717, 1.165) is 4.88 Å². The number of benzene rings is 1. The van der Waals surface area contributed by atoms with Crippen LogP contribution < -0.4 is 5.32 Å². The van der Waals surface area contributed by atoms with Gasteiger partial charge in [0, 0.05) is 10.4 Å². The summed E-state index contributed by atoms with van der Waals surface area (Å²) in [5.41, 5.74) is 0.491. The van der Waals surface area contributed by atoms with Crippen LogP contribution in [-0.4, -0.2) is 34.3 Å². The minimum absolute atomic E-state index is 0.139. The van der Waals surface area contributed by atoms with E-state index in [1.54, 1.807) is 28.9 Å². The highest BCUT2D eigenvalue weighted by Crippen LogP contribution is 2.28. The van der Waals surface area contributed by atoms with Gasteiger partial charge in [-0.15, -0.1) is 11.3 Å². The molecule has 6 nitrogen and oxygen atoms in total. The number of aromatic nitrogens is 2. The van der Waals surface area contributed by atoms with Gasteiger partial charge in [-0.2, -0.15) is 0 Å². The number of rotatable bonds is 7. The van der Waals surface area contributed by atoms with E-state index in [9.17, 15) is 9.59 Å². The van der Waals surface area contributed by atoms with E-state index in [-0.39, 0.29) is 23.1 Å². The Hall–Kier alpha value is -2.00. The van der Waals surface area contributed by atoms with Gasteiger partial charge in [0.2, 0.25) is 0 Å². The summed E-state index contributed by atoms with van der Waals surface area (Å²) in [6.07, 6.45) is 1.85. The summed E-state index contributed by atoms with van der Waals surface area (Å²) >= 11 is 14.9. The molecular formula is C19H17Cl2N3O3S2. The summed E-state index contributed by atoms with van der Waals surface area (Å²) in [5.74, 6) is -0.871. The Morgan fingerprint density at radius 1 is 1.28 bits per heavy atom. The average Bonchev–Trinajstić information content (AvgIpc) is 3.32. The second kappa shape index (κ2) is 9.67. The van der Waals surface area contributed by atoms with Crippen LogP contribution in [0.25, 0.3) is 0 Å². The van der Waals surface area contributed by atoms with Gasteiger partial charge >= 0.3 is 5.97 Å². The summed E-state index contributed by atoms with van der Waals surface area (Å²) in [7, 11) is 0. The van der Waals surface area contributed by atoms with Crippen LogP contribution in [0.1, 0.15) is 32.6 Å². The third kappa shape index (κ3) is 4.95. The van der Waals surface area contributed by atoms with Crippen molar-refractivity contribution in [2.75, 3.05) is 18.2 Å². The molecule has 1 N–H and O–H groups in total. The van der Waals surface area contributed by atoms with Crippen molar-refractivity contribution in [3.63, 3.8) is 0 Å². The number of thioether (sulfide) groups is 1.